The van der Waals surface area contributed by atoms with E-state index in [1.54, 1.807) is 6.08 Å². The van der Waals surface area contributed by atoms with Gasteiger partial charge in [0, 0.05) is 37.2 Å². The first-order valence-electron chi connectivity index (χ1n) is 10.6. The molecule has 1 N–H and O–H groups in total. The minimum absolute atomic E-state index is 0.0201. The number of hydrogen-bond donors (Lipinski definition) is 1. The monoisotopic (exact) mass is 392 g/mol. The molecule has 0 aliphatic heterocycles. The van der Waals surface area contributed by atoms with E-state index in [0.29, 0.717) is 37.2 Å². The summed E-state index contributed by atoms with van der Waals surface area (Å²) in [6, 6.07) is 0. The van der Waals surface area contributed by atoms with Crippen LogP contribution in [0.1, 0.15) is 78.1 Å². The average Bonchev–Trinajstić information content (AvgIpc) is 2.93. The van der Waals surface area contributed by atoms with Crippen molar-refractivity contribution in [3.63, 3.8) is 0 Å². The number of carbonyl (C=O) groups excluding carboxylic acids is 3. The Labute approximate surface area is 169 Å². The van der Waals surface area contributed by atoms with Gasteiger partial charge in [0.2, 0.25) is 0 Å². The van der Waals surface area contributed by atoms with Gasteiger partial charge in [0.05, 0.1) is 13.2 Å². The summed E-state index contributed by atoms with van der Waals surface area (Å²) in [6.45, 7) is 4.41. The van der Waals surface area contributed by atoms with Crippen molar-refractivity contribution in [2.75, 3.05) is 7.11 Å². The van der Waals surface area contributed by atoms with Crippen molar-refractivity contribution in [1.29, 1.82) is 0 Å². The molecule has 0 aromatic carbocycles. The summed E-state index contributed by atoms with van der Waals surface area (Å²) in [5.41, 5.74) is 0.563. The highest BCUT2D eigenvalue weighted by molar-refractivity contribution is 6.00. The quantitative estimate of drug-likeness (QED) is 0.287. The van der Waals surface area contributed by atoms with Gasteiger partial charge < -0.3 is 9.84 Å². The third-order valence-corrected chi connectivity index (χ3v) is 5.34. The number of esters is 1. The van der Waals surface area contributed by atoms with E-state index in [-0.39, 0.29) is 30.4 Å². The topological polar surface area (TPSA) is 80.7 Å². The van der Waals surface area contributed by atoms with Gasteiger partial charge in [-0.2, -0.15) is 0 Å². The van der Waals surface area contributed by atoms with Crippen molar-refractivity contribution in [1.82, 2.24) is 0 Å². The highest BCUT2D eigenvalue weighted by Gasteiger charge is 2.37. The highest BCUT2D eigenvalue weighted by atomic mass is 16.5. The largest absolute Gasteiger partial charge is 0.469 e. The summed E-state index contributed by atoms with van der Waals surface area (Å²) in [7, 11) is 1.35. The molecule has 1 unspecified atom stereocenters. The molecular weight excluding hydrogens is 356 g/mol. The van der Waals surface area contributed by atoms with E-state index >= 15 is 0 Å². The average molecular weight is 393 g/mol. The molecule has 1 saturated carbocycles. The van der Waals surface area contributed by atoms with Crippen LogP contribution in [-0.4, -0.2) is 35.9 Å². The molecule has 0 aromatic rings. The first kappa shape index (κ1) is 24.3. The number of aliphatic hydroxyl groups is 1. The predicted octanol–water partition coefficient (Wildman–Crippen LogP) is 4.33. The van der Waals surface area contributed by atoms with Gasteiger partial charge in [-0.3, -0.25) is 14.4 Å². The molecule has 0 saturated heterocycles. The number of ether oxygens (including phenoxy) is 1. The second-order valence-electron chi connectivity index (χ2n) is 7.86. The summed E-state index contributed by atoms with van der Waals surface area (Å²) in [5, 5.41) is 10.2. The molecular formula is C23H36O5. The van der Waals surface area contributed by atoms with Crippen LogP contribution in [0.4, 0.5) is 0 Å². The smallest absolute Gasteiger partial charge is 0.305 e. The number of Topliss-reactive ketones (excluding diaryl/α,β-unsaturated/α-hetero) is 2. The number of unbranched alkanes of at least 4 members (excludes halogenated alkanes) is 2. The van der Waals surface area contributed by atoms with Crippen molar-refractivity contribution < 1.29 is 24.2 Å². The van der Waals surface area contributed by atoms with Crippen LogP contribution in [0, 0.1) is 11.8 Å². The third-order valence-electron chi connectivity index (χ3n) is 5.34. The summed E-state index contributed by atoms with van der Waals surface area (Å²) in [6.07, 6.45) is 11.7. The van der Waals surface area contributed by atoms with Gasteiger partial charge in [-0.15, -0.1) is 0 Å². The highest BCUT2D eigenvalue weighted by Crippen LogP contribution is 2.32. The van der Waals surface area contributed by atoms with Gasteiger partial charge in [0.25, 0.3) is 0 Å². The van der Waals surface area contributed by atoms with Gasteiger partial charge >= 0.3 is 5.97 Å². The van der Waals surface area contributed by atoms with Crippen LogP contribution in [0.2, 0.25) is 0 Å². The molecule has 3 atom stereocenters. The van der Waals surface area contributed by atoms with Crippen molar-refractivity contribution in [3.05, 3.63) is 23.8 Å². The molecule has 1 aliphatic carbocycles. The molecule has 0 spiro atoms. The van der Waals surface area contributed by atoms with Crippen LogP contribution < -0.4 is 0 Å². The number of ketones is 2. The van der Waals surface area contributed by atoms with Crippen molar-refractivity contribution in [3.8, 4) is 0 Å². The molecule has 158 valence electrons. The van der Waals surface area contributed by atoms with Gasteiger partial charge in [-0.25, -0.2) is 0 Å². The fourth-order valence-electron chi connectivity index (χ4n) is 3.52. The Morgan fingerprint density at radius 3 is 2.64 bits per heavy atom. The summed E-state index contributed by atoms with van der Waals surface area (Å²) >= 11 is 0. The molecule has 0 bridgehead atoms. The fourth-order valence-corrected chi connectivity index (χ4v) is 3.52. The maximum atomic E-state index is 12.2. The number of methoxy groups -OCH3 is 1. The SMILES string of the molecule is CCCCC(C)CC=CC=C1C(=O)C[C@H](O)[C@@H]1CC(=O)CCCCC(=O)OC. The zero-order chi connectivity index (χ0) is 20.9. The van der Waals surface area contributed by atoms with Crippen molar-refractivity contribution >= 4 is 17.5 Å². The minimum Gasteiger partial charge on any atom is -0.469 e. The molecule has 1 rings (SSSR count). The lowest BCUT2D eigenvalue weighted by Gasteiger charge is -2.14. The van der Waals surface area contributed by atoms with E-state index in [1.165, 1.54) is 26.4 Å². The molecule has 5 nitrogen and oxygen atoms in total. The third kappa shape index (κ3) is 8.96. The lowest BCUT2D eigenvalue weighted by Crippen LogP contribution is -2.18. The van der Waals surface area contributed by atoms with Crippen molar-refractivity contribution in [2.45, 2.75) is 84.2 Å². The number of carbonyl (C=O) groups is 3. The second-order valence-corrected chi connectivity index (χ2v) is 7.86. The maximum absolute atomic E-state index is 12.2. The van der Waals surface area contributed by atoms with Crippen LogP contribution in [0.15, 0.2) is 23.8 Å². The Hall–Kier alpha value is -1.75. The van der Waals surface area contributed by atoms with Crippen LogP contribution in [0.5, 0.6) is 0 Å². The Morgan fingerprint density at radius 1 is 1.25 bits per heavy atom. The Bertz CT molecular complexity index is 576. The van der Waals surface area contributed by atoms with E-state index < -0.39 is 12.0 Å². The molecule has 28 heavy (non-hydrogen) atoms. The summed E-state index contributed by atoms with van der Waals surface area (Å²) in [5.74, 6) is -0.124. The van der Waals surface area contributed by atoms with E-state index in [9.17, 15) is 19.5 Å². The van der Waals surface area contributed by atoms with Gasteiger partial charge in [0.15, 0.2) is 5.78 Å². The van der Waals surface area contributed by atoms with E-state index in [1.807, 2.05) is 6.08 Å². The van der Waals surface area contributed by atoms with Crippen LogP contribution >= 0.6 is 0 Å². The van der Waals surface area contributed by atoms with Crippen LogP contribution in [0.3, 0.4) is 0 Å². The minimum atomic E-state index is -0.783. The lowest BCUT2D eigenvalue weighted by atomic mass is 9.92. The Kier molecular flexibility index (Phi) is 11.7. The van der Waals surface area contributed by atoms with Gasteiger partial charge in [-0.1, -0.05) is 51.3 Å². The molecule has 0 aromatic heterocycles. The molecule has 1 fully saturated rings. The molecule has 0 heterocycles. The maximum Gasteiger partial charge on any atom is 0.305 e. The van der Waals surface area contributed by atoms with E-state index in [4.69, 9.17) is 0 Å². The first-order chi connectivity index (χ1) is 13.4. The Balaban J connectivity index is 2.52. The second kappa shape index (κ2) is 13.4. The molecule has 5 heteroatoms. The molecule has 0 amide bonds. The van der Waals surface area contributed by atoms with Gasteiger partial charge in [0.1, 0.15) is 5.78 Å². The number of rotatable bonds is 13. The predicted molar refractivity (Wildman–Crippen MR) is 110 cm³/mol. The first-order valence-corrected chi connectivity index (χ1v) is 10.6. The normalized spacial score (nSPS) is 22.1. The van der Waals surface area contributed by atoms with E-state index in [0.717, 1.165) is 6.42 Å². The number of aliphatic hydroxyl groups excluding tert-OH is 1. The summed E-state index contributed by atoms with van der Waals surface area (Å²) in [4.78, 5) is 35.5. The molecule has 1 aliphatic rings. The lowest BCUT2D eigenvalue weighted by molar-refractivity contribution is -0.140. The fraction of sp³-hybridized carbons (Fsp3) is 0.696. The van der Waals surface area contributed by atoms with E-state index in [2.05, 4.69) is 24.7 Å². The van der Waals surface area contributed by atoms with Crippen molar-refractivity contribution in [2.24, 2.45) is 11.8 Å². The zero-order valence-corrected chi connectivity index (χ0v) is 17.6. The standard InChI is InChI=1S/C23H36O5/c1-4-5-10-17(2)11-6-8-13-19-20(22(26)16-21(19)25)15-18(24)12-7-9-14-23(27)28-3/h6,8,13,17,20,22,26H,4-5,7,9-12,14-16H2,1-3H3/t17?,20-,22+/m1/s1. The molecule has 0 radical (unpaired) electrons. The van der Waals surface area contributed by atoms with Gasteiger partial charge in [-0.05, 0) is 25.2 Å². The summed E-state index contributed by atoms with van der Waals surface area (Å²) < 4.78 is 4.58. The van der Waals surface area contributed by atoms with Crippen LogP contribution in [-0.2, 0) is 19.1 Å². The number of hydrogen-bond acceptors (Lipinski definition) is 5. The number of allylic oxidation sites excluding steroid dienone is 3. The van der Waals surface area contributed by atoms with Crippen LogP contribution in [0.25, 0.3) is 0 Å². The zero-order valence-electron chi connectivity index (χ0n) is 17.6. The Morgan fingerprint density at radius 2 is 1.96 bits per heavy atom.